The Balaban J connectivity index is 2.22. The lowest BCUT2D eigenvalue weighted by Gasteiger charge is -2.50. The Hall–Kier alpha value is -0.250. The Morgan fingerprint density at radius 3 is 2.43 bits per heavy atom. The lowest BCUT2D eigenvalue weighted by molar-refractivity contribution is -0.329. The predicted molar refractivity (Wildman–Crippen MR) is 95.6 cm³/mol. The van der Waals surface area contributed by atoms with E-state index in [2.05, 4.69) is 22.6 Å². The molecule has 6 heteroatoms. The zero-order valence-corrected chi connectivity index (χ0v) is 16.1. The first-order chi connectivity index (χ1) is 10.9. The zero-order chi connectivity index (χ0) is 17.0. The van der Waals surface area contributed by atoms with Crippen LogP contribution in [0.15, 0.2) is 30.3 Å². The maximum atomic E-state index is 11.1. The zero-order valence-electron chi connectivity index (χ0n) is 13.9. The summed E-state index contributed by atoms with van der Waals surface area (Å²) in [5.74, 6) is 0. The van der Waals surface area contributed by atoms with E-state index in [1.54, 1.807) is 21.1 Å². The molecular weight excluding hydrogens is 411 g/mol. The van der Waals surface area contributed by atoms with Crippen molar-refractivity contribution in [3.63, 3.8) is 0 Å². The summed E-state index contributed by atoms with van der Waals surface area (Å²) in [4.78, 5) is 0. The standard InChI is InChI=1S/C17H25IO5/c1-11(18)14-17(2,19)15(13(20-3)16(21-4)23-14)22-10-12-8-6-5-7-9-12/h5-9,11,13-16,19H,10H2,1-4H3/t11-,13+,14+,15+,16-,17-/m0/s1. The maximum absolute atomic E-state index is 11.1. The lowest BCUT2D eigenvalue weighted by Crippen LogP contribution is -2.67. The Labute approximate surface area is 151 Å². The summed E-state index contributed by atoms with van der Waals surface area (Å²) in [6, 6.07) is 9.86. The van der Waals surface area contributed by atoms with Gasteiger partial charge in [0, 0.05) is 18.1 Å². The largest absolute Gasteiger partial charge is 0.385 e. The summed E-state index contributed by atoms with van der Waals surface area (Å²) in [6.07, 6.45) is -2.07. The molecule has 23 heavy (non-hydrogen) atoms. The van der Waals surface area contributed by atoms with Crippen LogP contribution in [0, 0.1) is 0 Å². The molecule has 0 aliphatic carbocycles. The van der Waals surface area contributed by atoms with E-state index in [-0.39, 0.29) is 3.92 Å². The van der Waals surface area contributed by atoms with Gasteiger partial charge in [-0.05, 0) is 12.5 Å². The van der Waals surface area contributed by atoms with Gasteiger partial charge in [-0.15, -0.1) is 0 Å². The van der Waals surface area contributed by atoms with Crippen molar-refractivity contribution in [3.8, 4) is 0 Å². The SMILES string of the molecule is CO[C@H]1O[C@H]([C@H](C)I)[C@](C)(O)[C@H](OCc2ccccc2)[C@H]1OC. The fraction of sp³-hybridized carbons (Fsp3) is 0.647. The molecule has 1 saturated heterocycles. The molecule has 0 amide bonds. The Morgan fingerprint density at radius 1 is 1.26 bits per heavy atom. The van der Waals surface area contributed by atoms with Crippen LogP contribution in [-0.2, 0) is 25.6 Å². The molecule has 1 aliphatic heterocycles. The number of halogens is 1. The van der Waals surface area contributed by atoms with Crippen LogP contribution in [0.5, 0.6) is 0 Å². The van der Waals surface area contributed by atoms with Crippen LogP contribution in [0.25, 0.3) is 0 Å². The molecule has 2 rings (SSSR count). The molecule has 6 atom stereocenters. The van der Waals surface area contributed by atoms with E-state index in [4.69, 9.17) is 18.9 Å². The quantitative estimate of drug-likeness (QED) is 0.549. The first-order valence-corrected chi connectivity index (χ1v) is 8.89. The number of aliphatic hydroxyl groups is 1. The van der Waals surface area contributed by atoms with Gasteiger partial charge in [0.2, 0.25) is 0 Å². The Morgan fingerprint density at radius 2 is 1.91 bits per heavy atom. The van der Waals surface area contributed by atoms with E-state index in [9.17, 15) is 5.11 Å². The van der Waals surface area contributed by atoms with Crippen LogP contribution in [-0.4, -0.2) is 53.5 Å². The van der Waals surface area contributed by atoms with Crippen LogP contribution < -0.4 is 0 Å². The number of hydrogen-bond acceptors (Lipinski definition) is 5. The molecule has 0 bridgehead atoms. The van der Waals surface area contributed by atoms with E-state index in [1.807, 2.05) is 37.3 Å². The van der Waals surface area contributed by atoms with Gasteiger partial charge in [-0.3, -0.25) is 0 Å². The third-order valence-electron chi connectivity index (χ3n) is 4.19. The topological polar surface area (TPSA) is 57.2 Å². The third kappa shape index (κ3) is 4.24. The van der Waals surface area contributed by atoms with E-state index in [0.29, 0.717) is 6.61 Å². The summed E-state index contributed by atoms with van der Waals surface area (Å²) in [5.41, 5.74) is -0.150. The normalized spacial score (nSPS) is 35.9. The minimum Gasteiger partial charge on any atom is -0.385 e. The smallest absolute Gasteiger partial charge is 0.186 e. The molecular formula is C17H25IO5. The summed E-state index contributed by atoms with van der Waals surface area (Å²) >= 11 is 2.25. The van der Waals surface area contributed by atoms with Gasteiger partial charge in [0.1, 0.15) is 23.9 Å². The number of ether oxygens (including phenoxy) is 4. The summed E-state index contributed by atoms with van der Waals surface area (Å²) < 4.78 is 23.0. The minimum atomic E-state index is -1.19. The van der Waals surface area contributed by atoms with Crippen molar-refractivity contribution in [1.29, 1.82) is 0 Å². The number of hydrogen-bond donors (Lipinski definition) is 1. The molecule has 1 N–H and O–H groups in total. The average Bonchev–Trinajstić information content (AvgIpc) is 2.53. The maximum Gasteiger partial charge on any atom is 0.186 e. The van der Waals surface area contributed by atoms with Gasteiger partial charge >= 0.3 is 0 Å². The minimum absolute atomic E-state index is 0.0841. The number of benzene rings is 1. The van der Waals surface area contributed by atoms with Crippen LogP contribution in [0.2, 0.25) is 0 Å². The van der Waals surface area contributed by atoms with Gasteiger partial charge in [-0.2, -0.15) is 0 Å². The van der Waals surface area contributed by atoms with Gasteiger partial charge in [-0.25, -0.2) is 0 Å². The van der Waals surface area contributed by atoms with Gasteiger partial charge in [-0.1, -0.05) is 59.8 Å². The molecule has 1 aromatic rings. The van der Waals surface area contributed by atoms with Crippen molar-refractivity contribution in [2.24, 2.45) is 0 Å². The highest BCUT2D eigenvalue weighted by molar-refractivity contribution is 14.1. The molecule has 1 aliphatic rings. The van der Waals surface area contributed by atoms with Crippen molar-refractivity contribution in [3.05, 3.63) is 35.9 Å². The molecule has 0 radical (unpaired) electrons. The van der Waals surface area contributed by atoms with Crippen molar-refractivity contribution in [2.75, 3.05) is 14.2 Å². The summed E-state index contributed by atoms with van der Waals surface area (Å²) in [5, 5.41) is 11.1. The van der Waals surface area contributed by atoms with Crippen molar-refractivity contribution in [2.45, 2.75) is 54.6 Å². The second-order valence-electron chi connectivity index (χ2n) is 5.98. The van der Waals surface area contributed by atoms with Gasteiger partial charge in [0.05, 0.1) is 6.61 Å². The van der Waals surface area contributed by atoms with Crippen molar-refractivity contribution >= 4 is 22.6 Å². The molecule has 0 spiro atoms. The third-order valence-corrected chi connectivity index (χ3v) is 4.85. The highest BCUT2D eigenvalue weighted by Gasteiger charge is 2.55. The highest BCUT2D eigenvalue weighted by atomic mass is 127. The molecule has 1 fully saturated rings. The van der Waals surface area contributed by atoms with E-state index in [0.717, 1.165) is 5.56 Å². The summed E-state index contributed by atoms with van der Waals surface area (Å²) in [6.45, 7) is 4.12. The number of methoxy groups -OCH3 is 2. The van der Waals surface area contributed by atoms with E-state index >= 15 is 0 Å². The van der Waals surface area contributed by atoms with Crippen LogP contribution in [0.1, 0.15) is 19.4 Å². The molecule has 1 aromatic carbocycles. The molecule has 0 aromatic heterocycles. The molecule has 130 valence electrons. The molecule has 1 heterocycles. The van der Waals surface area contributed by atoms with Crippen LogP contribution in [0.3, 0.4) is 0 Å². The Bertz CT molecular complexity index is 479. The molecule has 0 unspecified atom stereocenters. The number of alkyl halides is 1. The van der Waals surface area contributed by atoms with E-state index in [1.165, 1.54) is 0 Å². The van der Waals surface area contributed by atoms with Crippen LogP contribution in [0.4, 0.5) is 0 Å². The van der Waals surface area contributed by atoms with Gasteiger partial charge in [0.25, 0.3) is 0 Å². The predicted octanol–water partition coefficient (Wildman–Crippen LogP) is 2.53. The lowest BCUT2D eigenvalue weighted by atomic mass is 9.84. The second-order valence-corrected chi connectivity index (χ2v) is 7.95. The van der Waals surface area contributed by atoms with Gasteiger partial charge < -0.3 is 24.1 Å². The van der Waals surface area contributed by atoms with E-state index < -0.39 is 30.2 Å². The monoisotopic (exact) mass is 436 g/mol. The Kier molecular flexibility index (Phi) is 6.82. The molecule has 0 saturated carbocycles. The van der Waals surface area contributed by atoms with Crippen molar-refractivity contribution in [1.82, 2.24) is 0 Å². The van der Waals surface area contributed by atoms with Crippen LogP contribution >= 0.6 is 22.6 Å². The fourth-order valence-electron chi connectivity index (χ4n) is 3.02. The highest BCUT2D eigenvalue weighted by Crippen LogP contribution is 2.37. The molecule has 5 nitrogen and oxygen atoms in total. The van der Waals surface area contributed by atoms with Crippen molar-refractivity contribution < 1.29 is 24.1 Å². The average molecular weight is 436 g/mol. The number of rotatable bonds is 6. The summed E-state index contributed by atoms with van der Waals surface area (Å²) in [7, 11) is 3.14. The first-order valence-electron chi connectivity index (χ1n) is 7.64. The van der Waals surface area contributed by atoms with Gasteiger partial charge in [0.15, 0.2) is 6.29 Å². The second kappa shape index (κ2) is 8.22. The fourth-order valence-corrected chi connectivity index (χ4v) is 3.92. The first kappa shape index (κ1) is 19.1.